The van der Waals surface area contributed by atoms with Crippen LogP contribution in [-0.4, -0.2) is 49.0 Å². The molecule has 1 aliphatic heterocycles. The van der Waals surface area contributed by atoms with E-state index in [0.717, 1.165) is 0 Å². The monoisotopic (exact) mass is 259 g/mol. The minimum atomic E-state index is -2.90. The Morgan fingerprint density at radius 2 is 2.06 bits per heavy atom. The summed E-state index contributed by atoms with van der Waals surface area (Å²) < 4.78 is 27.3. The molecular weight excluding hydrogens is 246 g/mol. The summed E-state index contributed by atoms with van der Waals surface area (Å²) in [5, 5.41) is 8.86. The molecule has 0 radical (unpaired) electrons. The lowest BCUT2D eigenvalue weighted by atomic mass is 10.2. The van der Waals surface area contributed by atoms with Crippen LogP contribution in [0, 0.1) is 0 Å². The lowest BCUT2D eigenvalue weighted by Gasteiger charge is -2.25. The van der Waals surface area contributed by atoms with E-state index in [-0.39, 0.29) is 17.3 Å². The van der Waals surface area contributed by atoms with E-state index >= 15 is 0 Å². The molecule has 2 rings (SSSR count). The molecule has 0 bridgehead atoms. The Kier molecular flexibility index (Phi) is 3.21. The van der Waals surface area contributed by atoms with Gasteiger partial charge in [-0.2, -0.15) is 0 Å². The van der Waals surface area contributed by atoms with Gasteiger partial charge in [-0.25, -0.2) is 13.2 Å². The number of furan rings is 1. The van der Waals surface area contributed by atoms with Crippen LogP contribution in [0.25, 0.3) is 0 Å². The predicted molar refractivity (Wildman–Crippen MR) is 59.6 cm³/mol. The maximum atomic E-state index is 11.2. The van der Waals surface area contributed by atoms with Gasteiger partial charge in [-0.05, 0) is 6.07 Å². The molecule has 1 N–H and O–H groups in total. The number of carboxylic acids is 1. The van der Waals surface area contributed by atoms with Crippen molar-refractivity contribution in [3.63, 3.8) is 0 Å². The maximum Gasteiger partial charge on any atom is 0.372 e. The van der Waals surface area contributed by atoms with Crippen LogP contribution in [0.2, 0.25) is 0 Å². The van der Waals surface area contributed by atoms with Gasteiger partial charge in [0.15, 0.2) is 9.84 Å². The summed E-state index contributed by atoms with van der Waals surface area (Å²) in [4.78, 5) is 12.7. The smallest absolute Gasteiger partial charge is 0.372 e. The molecule has 0 atom stereocenters. The lowest BCUT2D eigenvalue weighted by Crippen LogP contribution is -2.39. The number of hydrogen-bond donors (Lipinski definition) is 1. The zero-order valence-corrected chi connectivity index (χ0v) is 9.94. The molecule has 1 fully saturated rings. The fourth-order valence-electron chi connectivity index (χ4n) is 1.80. The third kappa shape index (κ3) is 2.86. The Labute approximate surface area is 98.8 Å². The van der Waals surface area contributed by atoms with Crippen molar-refractivity contribution in [3.8, 4) is 0 Å². The molecule has 2 heterocycles. The molecule has 0 saturated carbocycles. The molecule has 17 heavy (non-hydrogen) atoms. The number of aromatic carboxylic acids is 1. The van der Waals surface area contributed by atoms with Crippen LogP contribution in [-0.2, 0) is 16.4 Å². The molecule has 7 heteroatoms. The van der Waals surface area contributed by atoms with Crippen LogP contribution in [0.3, 0.4) is 0 Å². The number of hydrogen-bond acceptors (Lipinski definition) is 5. The number of rotatable bonds is 3. The lowest BCUT2D eigenvalue weighted by molar-refractivity contribution is 0.0659. The van der Waals surface area contributed by atoms with Gasteiger partial charge >= 0.3 is 5.97 Å². The zero-order valence-electron chi connectivity index (χ0n) is 9.13. The first-order valence-corrected chi connectivity index (χ1v) is 7.02. The number of nitrogens with zero attached hydrogens (tertiary/aromatic N) is 1. The molecule has 6 nitrogen and oxygen atoms in total. The number of carboxylic acid groups (broad SMARTS) is 1. The fraction of sp³-hybridized carbons (Fsp3) is 0.500. The Morgan fingerprint density at radius 3 is 2.65 bits per heavy atom. The minimum Gasteiger partial charge on any atom is -0.475 e. The standard InChI is InChI=1S/C10H13NO5S/c12-10(13)9-8(1-4-16-9)7-11-2-5-17(14,15)6-3-11/h1,4H,2-3,5-7H2,(H,12,13). The van der Waals surface area contributed by atoms with E-state index < -0.39 is 15.8 Å². The maximum absolute atomic E-state index is 11.2. The molecule has 0 spiro atoms. The molecule has 0 unspecified atom stereocenters. The highest BCUT2D eigenvalue weighted by molar-refractivity contribution is 7.91. The molecule has 94 valence electrons. The van der Waals surface area contributed by atoms with Crippen LogP contribution in [0.4, 0.5) is 0 Å². The summed E-state index contributed by atoms with van der Waals surface area (Å²) in [5.41, 5.74) is 0.580. The van der Waals surface area contributed by atoms with Crippen molar-refractivity contribution in [2.75, 3.05) is 24.6 Å². The van der Waals surface area contributed by atoms with Crippen molar-refractivity contribution in [2.45, 2.75) is 6.54 Å². The Balaban J connectivity index is 2.02. The predicted octanol–water partition coefficient (Wildman–Crippen LogP) is 0.208. The molecule has 0 aromatic carbocycles. The highest BCUT2D eigenvalue weighted by Gasteiger charge is 2.23. The Hall–Kier alpha value is -1.34. The first-order chi connectivity index (χ1) is 7.98. The van der Waals surface area contributed by atoms with Gasteiger partial charge in [0.25, 0.3) is 0 Å². The minimum absolute atomic E-state index is 0.0709. The quantitative estimate of drug-likeness (QED) is 0.834. The molecule has 0 aliphatic carbocycles. The third-order valence-electron chi connectivity index (χ3n) is 2.77. The largest absolute Gasteiger partial charge is 0.475 e. The van der Waals surface area contributed by atoms with Crippen LogP contribution < -0.4 is 0 Å². The molecule has 0 amide bonds. The van der Waals surface area contributed by atoms with Crippen molar-refractivity contribution in [1.82, 2.24) is 4.90 Å². The highest BCUT2D eigenvalue weighted by Crippen LogP contribution is 2.15. The van der Waals surface area contributed by atoms with Crippen molar-refractivity contribution in [2.24, 2.45) is 0 Å². The summed E-state index contributed by atoms with van der Waals surface area (Å²) in [5.74, 6) is -0.909. The average Bonchev–Trinajstić information content (AvgIpc) is 2.69. The van der Waals surface area contributed by atoms with Crippen molar-refractivity contribution in [3.05, 3.63) is 23.7 Å². The molecule has 1 aliphatic rings. The van der Waals surface area contributed by atoms with Gasteiger partial charge in [-0.1, -0.05) is 0 Å². The molecule has 1 aromatic heterocycles. The summed E-state index contributed by atoms with van der Waals surface area (Å²) in [6.07, 6.45) is 1.33. The van der Waals surface area contributed by atoms with E-state index in [0.29, 0.717) is 25.2 Å². The van der Waals surface area contributed by atoms with E-state index in [1.54, 1.807) is 6.07 Å². The van der Waals surface area contributed by atoms with Crippen LogP contribution in [0.15, 0.2) is 16.7 Å². The number of sulfone groups is 1. The van der Waals surface area contributed by atoms with Gasteiger partial charge in [-0.15, -0.1) is 0 Å². The second-order valence-corrected chi connectivity index (χ2v) is 6.31. The first kappa shape index (κ1) is 12.1. The average molecular weight is 259 g/mol. The molecular formula is C10H13NO5S. The fourth-order valence-corrected chi connectivity index (χ4v) is 3.07. The zero-order chi connectivity index (χ0) is 12.5. The van der Waals surface area contributed by atoms with Gasteiger partial charge in [0.1, 0.15) is 0 Å². The van der Waals surface area contributed by atoms with Crippen LogP contribution in [0.1, 0.15) is 16.1 Å². The van der Waals surface area contributed by atoms with Gasteiger partial charge in [0.05, 0.1) is 17.8 Å². The molecule has 1 saturated heterocycles. The Morgan fingerprint density at radius 1 is 1.41 bits per heavy atom. The van der Waals surface area contributed by atoms with E-state index in [1.165, 1.54) is 6.26 Å². The van der Waals surface area contributed by atoms with Gasteiger partial charge in [0, 0.05) is 25.2 Å². The first-order valence-electron chi connectivity index (χ1n) is 5.20. The molecule has 1 aromatic rings. The summed E-state index contributed by atoms with van der Waals surface area (Å²) >= 11 is 0. The normalized spacial score (nSPS) is 20.2. The topological polar surface area (TPSA) is 87.8 Å². The SMILES string of the molecule is O=C(O)c1occc1CN1CCS(=O)(=O)CC1. The van der Waals surface area contributed by atoms with Crippen LogP contribution in [0.5, 0.6) is 0 Å². The van der Waals surface area contributed by atoms with Crippen LogP contribution >= 0.6 is 0 Å². The van der Waals surface area contributed by atoms with Gasteiger partial charge in [-0.3, -0.25) is 4.90 Å². The van der Waals surface area contributed by atoms with Gasteiger partial charge in [0.2, 0.25) is 5.76 Å². The highest BCUT2D eigenvalue weighted by atomic mass is 32.2. The van der Waals surface area contributed by atoms with Crippen molar-refractivity contribution >= 4 is 15.8 Å². The van der Waals surface area contributed by atoms with Crippen molar-refractivity contribution in [1.29, 1.82) is 0 Å². The third-order valence-corrected chi connectivity index (χ3v) is 4.38. The summed E-state index contributed by atoms with van der Waals surface area (Å²) in [6, 6.07) is 1.60. The van der Waals surface area contributed by atoms with E-state index in [4.69, 9.17) is 9.52 Å². The second-order valence-electron chi connectivity index (χ2n) is 4.01. The van der Waals surface area contributed by atoms with E-state index in [9.17, 15) is 13.2 Å². The van der Waals surface area contributed by atoms with Crippen molar-refractivity contribution < 1.29 is 22.7 Å². The summed E-state index contributed by atoms with van der Waals surface area (Å²) in [6.45, 7) is 1.28. The summed E-state index contributed by atoms with van der Waals surface area (Å²) in [7, 11) is -2.90. The Bertz CT molecular complexity index is 505. The second kappa shape index (κ2) is 4.50. The van der Waals surface area contributed by atoms with E-state index in [2.05, 4.69) is 0 Å². The number of carbonyl (C=O) groups is 1. The van der Waals surface area contributed by atoms with Gasteiger partial charge < -0.3 is 9.52 Å². The van der Waals surface area contributed by atoms with E-state index in [1.807, 2.05) is 4.90 Å².